The molecule has 8 atom stereocenters. The smallest absolute Gasteiger partial charge is 0.292 e. The zero-order chi connectivity index (χ0) is 26.0. The number of likely N-dealkylation sites (N-methyl/N-ethyl adjacent to an activating group) is 1. The molecule has 0 radical (unpaired) electrons. The van der Waals surface area contributed by atoms with Gasteiger partial charge in [-0.1, -0.05) is 25.1 Å². The van der Waals surface area contributed by atoms with E-state index in [-0.39, 0.29) is 23.4 Å². The third-order valence-corrected chi connectivity index (χ3v) is 10.7. The molecule has 5 aliphatic rings. The lowest BCUT2D eigenvalue weighted by Gasteiger charge is -2.61. The van der Waals surface area contributed by atoms with Crippen LogP contribution in [0.25, 0.3) is 16.7 Å². The van der Waals surface area contributed by atoms with Crippen LogP contribution in [-0.2, 0) is 4.74 Å². The lowest BCUT2D eigenvalue weighted by Crippen LogP contribution is -2.66. The first-order chi connectivity index (χ1) is 17.6. The van der Waals surface area contributed by atoms with Crippen LogP contribution in [0.4, 0.5) is 6.01 Å². The van der Waals surface area contributed by atoms with Crippen molar-refractivity contribution in [3.05, 3.63) is 41.5 Å². The second-order valence-corrected chi connectivity index (χ2v) is 12.4. The van der Waals surface area contributed by atoms with E-state index in [4.69, 9.17) is 14.9 Å². The molecular formula is C29H34N4O4. The lowest BCUT2D eigenvalue weighted by atomic mass is 9.49. The quantitative estimate of drug-likeness (QED) is 0.533. The summed E-state index contributed by atoms with van der Waals surface area (Å²) in [6, 6.07) is 8.69. The molecule has 1 saturated heterocycles. The highest BCUT2D eigenvalue weighted by molar-refractivity contribution is 5.83. The topological polar surface area (TPSA) is 129 Å². The second-order valence-electron chi connectivity index (χ2n) is 12.4. The summed E-state index contributed by atoms with van der Waals surface area (Å²) in [5, 5.41) is 32.9. The number of aliphatic hydroxyl groups excluding tert-OH is 2. The number of nitrogens with two attached hydrogens (primary N) is 1. The molecule has 3 aliphatic carbocycles. The van der Waals surface area contributed by atoms with Gasteiger partial charge in [0, 0.05) is 12.0 Å². The number of ether oxygens (including phenoxy) is 1. The Morgan fingerprint density at radius 3 is 2.76 bits per heavy atom. The van der Waals surface area contributed by atoms with Crippen molar-refractivity contribution in [2.45, 2.75) is 74.9 Å². The second kappa shape index (κ2) is 7.23. The number of oxazole rings is 1. The van der Waals surface area contributed by atoms with Crippen molar-refractivity contribution in [2.24, 2.45) is 16.7 Å². The summed E-state index contributed by atoms with van der Waals surface area (Å²) < 4.78 is 12.7. The Bertz CT molecular complexity index is 1420. The number of hydrogen-bond donors (Lipinski definition) is 3. The first-order valence-electron chi connectivity index (χ1n) is 13.3. The molecule has 4 N–H and O–H groups in total. The predicted molar refractivity (Wildman–Crippen MR) is 138 cm³/mol. The molecule has 0 amide bonds. The Balaban J connectivity index is 1.32. The van der Waals surface area contributed by atoms with E-state index in [1.165, 1.54) is 5.57 Å². The average molecular weight is 503 g/mol. The van der Waals surface area contributed by atoms with Crippen LogP contribution in [0.3, 0.4) is 0 Å². The molecule has 2 saturated carbocycles. The maximum absolute atomic E-state index is 11.3. The number of rotatable bonds is 2. The SMILES string of the molecule is CN(C)[C@H]1C[C@@]23CC[C@]4(O2)C2CC=C(c5ccc6oc(N)nc6c5)[C@@]2(C)CCC4(C#N)C=C3[C@@H](O)[C@@H]1O. The van der Waals surface area contributed by atoms with Gasteiger partial charge in [0.15, 0.2) is 5.58 Å². The fraction of sp³-hybridized carbons (Fsp3) is 0.586. The van der Waals surface area contributed by atoms with Crippen LogP contribution < -0.4 is 5.73 Å². The number of nitrogens with zero attached hydrogens (tertiary/aromatic N) is 3. The number of anilines is 1. The maximum Gasteiger partial charge on any atom is 0.292 e. The molecule has 37 heavy (non-hydrogen) atoms. The number of benzene rings is 1. The fourth-order valence-electron chi connectivity index (χ4n) is 8.80. The van der Waals surface area contributed by atoms with E-state index in [0.29, 0.717) is 18.4 Å². The standard InChI is InChI=1S/C29H34N4O4/c1-26-8-9-27(15-30)13-18-23(34)24(35)20(33(2)3)14-28(18)10-11-29(27,37-28)22(26)7-5-17(26)16-4-6-21-19(12-16)32-25(31)36-21/h4-6,12-13,20,22-24,34-35H,7-11,14H2,1-3H3,(H2,31,32)/t20-,22?,23+,24+,26+,27?,28+,29-/m0/s1. The maximum atomic E-state index is 11.3. The van der Waals surface area contributed by atoms with Gasteiger partial charge in [0.25, 0.3) is 6.01 Å². The van der Waals surface area contributed by atoms with Crippen LogP contribution in [0.5, 0.6) is 0 Å². The van der Waals surface area contributed by atoms with Gasteiger partial charge in [0.05, 0.1) is 23.4 Å². The van der Waals surface area contributed by atoms with E-state index in [2.05, 4.69) is 36.2 Å². The van der Waals surface area contributed by atoms with E-state index in [9.17, 15) is 15.5 Å². The van der Waals surface area contributed by atoms with Crippen molar-refractivity contribution in [3.8, 4) is 6.07 Å². The molecule has 194 valence electrons. The number of aromatic nitrogens is 1. The minimum atomic E-state index is -1.03. The van der Waals surface area contributed by atoms with Gasteiger partial charge in [0.1, 0.15) is 17.0 Å². The fourth-order valence-corrected chi connectivity index (χ4v) is 8.80. The highest BCUT2D eigenvalue weighted by atomic mass is 16.5. The minimum Gasteiger partial charge on any atom is -0.424 e. The Labute approximate surface area is 216 Å². The van der Waals surface area contributed by atoms with Crippen LogP contribution in [0.1, 0.15) is 51.0 Å². The van der Waals surface area contributed by atoms with Gasteiger partial charge in [0.2, 0.25) is 0 Å². The van der Waals surface area contributed by atoms with Crippen molar-refractivity contribution < 1.29 is 19.4 Å². The van der Waals surface area contributed by atoms with Gasteiger partial charge in [-0.05, 0) is 86.9 Å². The van der Waals surface area contributed by atoms with Crippen molar-refractivity contribution in [3.63, 3.8) is 0 Å². The number of allylic oxidation sites excluding steroid dienone is 2. The molecule has 1 aromatic carbocycles. The molecule has 2 unspecified atom stereocenters. The Morgan fingerprint density at radius 1 is 1.19 bits per heavy atom. The Hall–Kier alpha value is -2.70. The zero-order valence-corrected chi connectivity index (χ0v) is 21.6. The summed E-state index contributed by atoms with van der Waals surface area (Å²) >= 11 is 0. The van der Waals surface area contributed by atoms with E-state index in [0.717, 1.165) is 42.3 Å². The summed E-state index contributed by atoms with van der Waals surface area (Å²) in [5.74, 6) is 0.125. The van der Waals surface area contributed by atoms with Gasteiger partial charge in [-0.2, -0.15) is 10.2 Å². The van der Waals surface area contributed by atoms with Crippen LogP contribution in [0, 0.1) is 28.1 Å². The molecule has 3 fully saturated rings. The molecular weight excluding hydrogens is 468 g/mol. The highest BCUT2D eigenvalue weighted by Gasteiger charge is 2.74. The Kier molecular flexibility index (Phi) is 4.58. The molecule has 7 rings (SSSR count). The number of aliphatic hydroxyl groups is 2. The van der Waals surface area contributed by atoms with E-state index in [1.54, 1.807) is 0 Å². The van der Waals surface area contributed by atoms with Crippen LogP contribution >= 0.6 is 0 Å². The summed E-state index contributed by atoms with van der Waals surface area (Å²) in [5.41, 5.74) is 8.01. The summed E-state index contributed by atoms with van der Waals surface area (Å²) in [6.07, 6.45) is 6.85. The van der Waals surface area contributed by atoms with E-state index in [1.807, 2.05) is 31.1 Å². The molecule has 2 spiro atoms. The van der Waals surface area contributed by atoms with Crippen molar-refractivity contribution >= 4 is 22.7 Å². The van der Waals surface area contributed by atoms with Gasteiger partial charge < -0.3 is 30.0 Å². The molecule has 2 aromatic rings. The van der Waals surface area contributed by atoms with Crippen molar-refractivity contribution in [1.29, 1.82) is 5.26 Å². The Morgan fingerprint density at radius 2 is 2.00 bits per heavy atom. The molecule has 8 nitrogen and oxygen atoms in total. The number of hydrogen-bond acceptors (Lipinski definition) is 8. The van der Waals surface area contributed by atoms with Crippen molar-refractivity contribution in [2.75, 3.05) is 19.8 Å². The van der Waals surface area contributed by atoms with E-state index < -0.39 is 28.8 Å². The minimum absolute atomic E-state index is 0.125. The molecule has 2 bridgehead atoms. The lowest BCUT2D eigenvalue weighted by molar-refractivity contribution is -0.223. The molecule has 1 aromatic heterocycles. The first kappa shape index (κ1) is 23.4. The first-order valence-corrected chi connectivity index (χ1v) is 13.3. The van der Waals surface area contributed by atoms with Crippen LogP contribution in [0.2, 0.25) is 0 Å². The number of nitriles is 1. The molecule has 2 aliphatic heterocycles. The van der Waals surface area contributed by atoms with Gasteiger partial charge in [-0.3, -0.25) is 0 Å². The van der Waals surface area contributed by atoms with Gasteiger partial charge in [-0.15, -0.1) is 0 Å². The van der Waals surface area contributed by atoms with Crippen LogP contribution in [-0.4, -0.2) is 63.6 Å². The summed E-state index contributed by atoms with van der Waals surface area (Å²) in [7, 11) is 3.87. The van der Waals surface area contributed by atoms with Gasteiger partial charge in [-0.25, -0.2) is 0 Å². The summed E-state index contributed by atoms with van der Waals surface area (Å²) in [6.45, 7) is 2.32. The predicted octanol–water partition coefficient (Wildman–Crippen LogP) is 3.41. The number of nitrogen functional groups attached to an aromatic ring is 1. The van der Waals surface area contributed by atoms with Crippen LogP contribution in [0.15, 0.2) is 40.3 Å². The van der Waals surface area contributed by atoms with E-state index >= 15 is 0 Å². The third kappa shape index (κ3) is 2.73. The zero-order valence-electron chi connectivity index (χ0n) is 21.6. The summed E-state index contributed by atoms with van der Waals surface area (Å²) in [4.78, 5) is 6.32. The monoisotopic (exact) mass is 502 g/mol. The molecule has 8 heteroatoms. The molecule has 3 heterocycles. The average Bonchev–Trinajstić information content (AvgIpc) is 3.52. The van der Waals surface area contributed by atoms with Crippen molar-refractivity contribution in [1.82, 2.24) is 9.88 Å². The number of fused-ring (bicyclic) bond motifs is 2. The normalized spacial score (nSPS) is 44.1. The largest absolute Gasteiger partial charge is 0.424 e. The highest BCUT2D eigenvalue weighted by Crippen LogP contribution is 2.72. The third-order valence-electron chi connectivity index (χ3n) is 10.7. The van der Waals surface area contributed by atoms with Gasteiger partial charge >= 0.3 is 0 Å².